The van der Waals surface area contributed by atoms with E-state index in [-0.39, 0.29) is 27.9 Å². The van der Waals surface area contributed by atoms with Crippen LogP contribution in [0.15, 0.2) is 33.5 Å². The highest BCUT2D eigenvalue weighted by Gasteiger charge is 2.37. The van der Waals surface area contributed by atoms with Crippen LogP contribution in [0, 0.1) is 5.41 Å². The van der Waals surface area contributed by atoms with Crippen LogP contribution in [-0.4, -0.2) is 36.6 Å². The van der Waals surface area contributed by atoms with Crippen molar-refractivity contribution in [1.29, 1.82) is 0 Å². The van der Waals surface area contributed by atoms with Gasteiger partial charge in [0.15, 0.2) is 0 Å². The second-order valence-electron chi connectivity index (χ2n) is 11.0. The van der Waals surface area contributed by atoms with Gasteiger partial charge in [0.2, 0.25) is 0 Å². The first-order chi connectivity index (χ1) is 16.8. The number of alkyl halides is 3. The molecule has 0 fully saturated rings. The van der Waals surface area contributed by atoms with Gasteiger partial charge in [-0.2, -0.15) is 21.6 Å². The van der Waals surface area contributed by atoms with Crippen LogP contribution in [0.3, 0.4) is 0 Å². The van der Waals surface area contributed by atoms with Gasteiger partial charge in [-0.15, -0.1) is 0 Å². The predicted octanol–water partition coefficient (Wildman–Crippen LogP) is 5.86. The molecule has 1 aromatic carbocycles. The van der Waals surface area contributed by atoms with E-state index in [0.717, 1.165) is 12.5 Å². The minimum atomic E-state index is -4.84. The van der Waals surface area contributed by atoms with Gasteiger partial charge in [0, 0.05) is 47.2 Å². The number of nitrogens with zero attached hydrogens (tertiary/aromatic N) is 1. The van der Waals surface area contributed by atoms with Crippen LogP contribution in [-0.2, 0) is 21.1 Å². The van der Waals surface area contributed by atoms with Crippen molar-refractivity contribution in [2.75, 3.05) is 17.2 Å². The first kappa shape index (κ1) is 28.9. The zero-order valence-corrected chi connectivity index (χ0v) is 22.3. The molecule has 0 saturated heterocycles. The average molecular weight is 544 g/mol. The Morgan fingerprint density at radius 2 is 1.73 bits per heavy atom. The van der Waals surface area contributed by atoms with E-state index in [1.54, 1.807) is 6.08 Å². The van der Waals surface area contributed by atoms with Gasteiger partial charge in [-0.25, -0.2) is 4.79 Å². The summed E-state index contributed by atoms with van der Waals surface area (Å²) in [7, 11) is -4.49. The standard InChI is InChI=1S/C26H32F3NO6S/c1-24(2,3)22(31)9-7-6-8-10-30-20-13-21-18(19(26(27,28)29)12-23(32)36-21)11-17(20)16(14-25(30,4)5)15-37(33,34)35/h11-14H,6-10,15H2,1-5H3,(H,33,34,35). The van der Waals surface area contributed by atoms with E-state index in [0.29, 0.717) is 37.6 Å². The quantitative estimate of drug-likeness (QED) is 0.253. The number of rotatable bonds is 8. The number of ketones is 1. The average Bonchev–Trinajstić information content (AvgIpc) is 2.70. The molecule has 2 aromatic rings. The fraction of sp³-hybridized carbons (Fsp3) is 0.538. The number of fused-ring (bicyclic) bond motifs is 2. The molecule has 1 aliphatic heterocycles. The van der Waals surface area contributed by atoms with E-state index in [4.69, 9.17) is 4.42 Å². The van der Waals surface area contributed by atoms with Crippen LogP contribution in [0.1, 0.15) is 71.4 Å². The molecule has 0 amide bonds. The van der Waals surface area contributed by atoms with E-state index >= 15 is 0 Å². The number of anilines is 1. The van der Waals surface area contributed by atoms with Gasteiger partial charge in [0.1, 0.15) is 17.1 Å². The van der Waals surface area contributed by atoms with Crippen molar-refractivity contribution in [2.24, 2.45) is 5.41 Å². The van der Waals surface area contributed by atoms with Crippen LogP contribution < -0.4 is 10.5 Å². The summed E-state index contributed by atoms with van der Waals surface area (Å²) in [5.41, 5.74) is -3.06. The molecule has 0 aliphatic carbocycles. The summed E-state index contributed by atoms with van der Waals surface area (Å²) >= 11 is 0. The van der Waals surface area contributed by atoms with E-state index in [9.17, 15) is 35.7 Å². The van der Waals surface area contributed by atoms with Gasteiger partial charge in [-0.3, -0.25) is 9.35 Å². The Kier molecular flexibility index (Phi) is 7.74. The molecule has 204 valence electrons. The topological polar surface area (TPSA) is 105 Å². The molecule has 1 aromatic heterocycles. The Labute approximate surface area is 214 Å². The Hall–Kier alpha value is -2.66. The molecular weight excluding hydrogens is 511 g/mol. The smallest absolute Gasteiger partial charge is 0.417 e. The molecule has 2 heterocycles. The third-order valence-electron chi connectivity index (χ3n) is 6.49. The van der Waals surface area contributed by atoms with Crippen molar-refractivity contribution >= 4 is 38.1 Å². The van der Waals surface area contributed by atoms with Crippen LogP contribution in [0.5, 0.6) is 0 Å². The number of carbonyl (C=O) groups excluding carboxylic acids is 1. The largest absolute Gasteiger partial charge is 0.423 e. The Morgan fingerprint density at radius 3 is 2.30 bits per heavy atom. The highest BCUT2D eigenvalue weighted by Crippen LogP contribution is 2.44. The van der Waals surface area contributed by atoms with Crippen LogP contribution in [0.4, 0.5) is 18.9 Å². The van der Waals surface area contributed by atoms with Crippen LogP contribution >= 0.6 is 0 Å². The van der Waals surface area contributed by atoms with Crippen LogP contribution in [0.2, 0.25) is 0 Å². The van der Waals surface area contributed by atoms with Gasteiger partial charge >= 0.3 is 11.8 Å². The summed E-state index contributed by atoms with van der Waals surface area (Å²) in [6.07, 6.45) is -0.711. The fourth-order valence-corrected chi connectivity index (χ4v) is 5.27. The fourth-order valence-electron chi connectivity index (χ4n) is 4.64. The Balaban J connectivity index is 2.04. The molecule has 1 N–H and O–H groups in total. The molecule has 1 aliphatic rings. The second-order valence-corrected chi connectivity index (χ2v) is 12.5. The minimum Gasteiger partial charge on any atom is -0.423 e. The second kappa shape index (κ2) is 9.90. The summed E-state index contributed by atoms with van der Waals surface area (Å²) in [5, 5.41) is -0.382. The van der Waals surface area contributed by atoms with Crippen molar-refractivity contribution in [1.82, 2.24) is 0 Å². The SMILES string of the molecule is CC(C)(C)C(=O)CCCCCN1c2cc3oc(=O)cc(C(F)(F)F)c3cc2C(CS(=O)(=O)O)=CC1(C)C. The lowest BCUT2D eigenvalue weighted by Crippen LogP contribution is -2.46. The Morgan fingerprint density at radius 1 is 1.08 bits per heavy atom. The molecule has 0 atom stereocenters. The number of Topliss-reactive ketones (excluding diaryl/α,β-unsaturated/α-hetero) is 1. The summed E-state index contributed by atoms with van der Waals surface area (Å²) in [6, 6.07) is 2.85. The van der Waals surface area contributed by atoms with Crippen molar-refractivity contribution in [3.05, 3.63) is 45.8 Å². The predicted molar refractivity (Wildman–Crippen MR) is 136 cm³/mol. The van der Waals surface area contributed by atoms with Crippen LogP contribution in [0.25, 0.3) is 16.5 Å². The van der Waals surface area contributed by atoms with Gasteiger partial charge in [-0.05, 0) is 38.3 Å². The maximum atomic E-state index is 13.7. The molecule has 0 radical (unpaired) electrons. The third-order valence-corrected chi connectivity index (χ3v) is 7.16. The van der Waals surface area contributed by atoms with E-state index in [1.807, 2.05) is 39.5 Å². The lowest BCUT2D eigenvalue weighted by molar-refractivity contribution is -0.136. The summed E-state index contributed by atoms with van der Waals surface area (Å²) in [6.45, 7) is 9.68. The zero-order valence-electron chi connectivity index (χ0n) is 21.5. The highest BCUT2D eigenvalue weighted by atomic mass is 32.2. The summed E-state index contributed by atoms with van der Waals surface area (Å²) in [5.74, 6) is -0.619. The van der Waals surface area contributed by atoms with Crippen molar-refractivity contribution < 1.29 is 35.4 Å². The van der Waals surface area contributed by atoms with E-state index in [1.165, 1.54) is 6.07 Å². The molecule has 0 saturated carbocycles. The Bertz CT molecular complexity index is 1400. The number of benzene rings is 1. The molecule has 0 unspecified atom stereocenters. The molecular formula is C26H32F3NO6S. The minimum absolute atomic E-state index is 0.149. The maximum absolute atomic E-state index is 13.7. The van der Waals surface area contributed by atoms with Gasteiger partial charge in [-0.1, -0.05) is 33.3 Å². The summed E-state index contributed by atoms with van der Waals surface area (Å²) in [4.78, 5) is 26.0. The molecule has 37 heavy (non-hydrogen) atoms. The first-order valence-corrected chi connectivity index (χ1v) is 13.6. The summed E-state index contributed by atoms with van der Waals surface area (Å²) < 4.78 is 79.2. The normalized spacial score (nSPS) is 16.0. The number of halogens is 3. The van der Waals surface area contributed by atoms with Crippen molar-refractivity contribution in [2.45, 2.75) is 72.0 Å². The zero-order chi connectivity index (χ0) is 28.0. The van der Waals surface area contributed by atoms with Gasteiger partial charge in [0.25, 0.3) is 10.1 Å². The number of carbonyl (C=O) groups is 1. The number of hydrogen-bond donors (Lipinski definition) is 1. The molecule has 0 spiro atoms. The third kappa shape index (κ3) is 6.81. The van der Waals surface area contributed by atoms with Crippen molar-refractivity contribution in [3.8, 4) is 0 Å². The molecule has 11 heteroatoms. The van der Waals surface area contributed by atoms with E-state index < -0.39 is 44.2 Å². The van der Waals surface area contributed by atoms with Gasteiger partial charge in [0.05, 0.1) is 11.1 Å². The number of hydrogen-bond acceptors (Lipinski definition) is 6. The lowest BCUT2D eigenvalue weighted by Gasteiger charge is -2.44. The lowest BCUT2D eigenvalue weighted by atomic mass is 9.86. The monoisotopic (exact) mass is 543 g/mol. The molecule has 3 rings (SSSR count). The van der Waals surface area contributed by atoms with E-state index in [2.05, 4.69) is 0 Å². The maximum Gasteiger partial charge on any atom is 0.417 e. The highest BCUT2D eigenvalue weighted by molar-refractivity contribution is 7.86. The molecule has 7 nitrogen and oxygen atoms in total. The van der Waals surface area contributed by atoms with Crippen molar-refractivity contribution in [3.63, 3.8) is 0 Å². The first-order valence-electron chi connectivity index (χ1n) is 12.0. The number of unbranched alkanes of at least 4 members (excludes halogenated alkanes) is 2. The van der Waals surface area contributed by atoms with Gasteiger partial charge < -0.3 is 9.32 Å². The molecule has 0 bridgehead atoms.